The molecule has 0 radical (unpaired) electrons. The predicted octanol–water partition coefficient (Wildman–Crippen LogP) is 3.57. The van der Waals surface area contributed by atoms with Crippen LogP contribution in [0.15, 0.2) is 42.6 Å². The maximum absolute atomic E-state index is 4.70. The molecule has 6 rings (SSSR count). The van der Waals surface area contributed by atoms with Crippen LogP contribution in [0, 0.1) is 0 Å². The van der Waals surface area contributed by atoms with E-state index < -0.39 is 0 Å². The fourth-order valence-electron chi connectivity index (χ4n) is 4.12. The van der Waals surface area contributed by atoms with Crippen LogP contribution >= 0.6 is 0 Å². The number of rotatable bonds is 0. The second kappa shape index (κ2) is 3.50. The Hall–Kier alpha value is -2.81. The summed E-state index contributed by atoms with van der Waals surface area (Å²) in [5.74, 6) is 0. The van der Waals surface area contributed by atoms with Crippen LogP contribution < -0.4 is 5.35 Å². The summed E-state index contributed by atoms with van der Waals surface area (Å²) in [6.07, 6.45) is 6.45. The van der Waals surface area contributed by atoms with E-state index in [2.05, 4.69) is 52.0 Å². The number of aromatic nitrogens is 3. The lowest BCUT2D eigenvalue weighted by Crippen LogP contribution is -2.16. The fraction of sp³-hybridized carbons (Fsp3) is 0.105. The van der Waals surface area contributed by atoms with Crippen LogP contribution in [0.5, 0.6) is 0 Å². The molecule has 5 aromatic rings. The van der Waals surface area contributed by atoms with Gasteiger partial charge in [0.05, 0.1) is 17.1 Å². The van der Waals surface area contributed by atoms with Gasteiger partial charge in [-0.1, -0.05) is 36.4 Å². The number of aryl methyl sites for hydroxylation is 1. The van der Waals surface area contributed by atoms with E-state index in [-0.39, 0.29) is 0 Å². The Bertz CT molecular complexity index is 1270. The minimum absolute atomic E-state index is 1.06. The van der Waals surface area contributed by atoms with Gasteiger partial charge in [0.2, 0.25) is 0 Å². The summed E-state index contributed by atoms with van der Waals surface area (Å²) in [5.41, 5.74) is 3.81. The molecule has 1 aliphatic carbocycles. The van der Waals surface area contributed by atoms with Crippen molar-refractivity contribution < 1.29 is 0 Å². The van der Waals surface area contributed by atoms with Crippen molar-refractivity contribution in [2.24, 2.45) is 0 Å². The van der Waals surface area contributed by atoms with Gasteiger partial charge in [0.1, 0.15) is 0 Å². The highest BCUT2D eigenvalue weighted by Crippen LogP contribution is 2.34. The van der Waals surface area contributed by atoms with Gasteiger partial charge in [-0.05, 0) is 24.3 Å². The van der Waals surface area contributed by atoms with Gasteiger partial charge < -0.3 is 4.98 Å². The molecule has 0 unspecified atom stereocenters. The van der Waals surface area contributed by atoms with Gasteiger partial charge in [-0.15, -0.1) is 0 Å². The van der Waals surface area contributed by atoms with E-state index in [4.69, 9.17) is 5.10 Å². The molecule has 2 aromatic carbocycles. The molecule has 3 heterocycles. The number of hydrogen-bond donors (Lipinski definition) is 1. The van der Waals surface area contributed by atoms with Crippen LogP contribution in [0.25, 0.3) is 44.0 Å². The SMILES string of the molecule is C1=c2c3c([nH]c4cccc(c5cccc6cnn2c65)c43)CC1. The highest BCUT2D eigenvalue weighted by Gasteiger charge is 2.18. The van der Waals surface area contributed by atoms with Crippen LogP contribution in [0.2, 0.25) is 0 Å². The molecule has 1 N–H and O–H groups in total. The summed E-state index contributed by atoms with van der Waals surface area (Å²) in [5, 5.41) is 12.4. The lowest BCUT2D eigenvalue weighted by Gasteiger charge is -2.03. The molecule has 0 fully saturated rings. The second-order valence-electron chi connectivity index (χ2n) is 6.13. The highest BCUT2D eigenvalue weighted by molar-refractivity contribution is 6.20. The lowest BCUT2D eigenvalue weighted by atomic mass is 10.0. The van der Waals surface area contributed by atoms with Crippen LogP contribution in [0.3, 0.4) is 0 Å². The monoisotopic (exact) mass is 283 g/mol. The number of aromatic amines is 1. The van der Waals surface area contributed by atoms with Gasteiger partial charge >= 0.3 is 0 Å². The van der Waals surface area contributed by atoms with Crippen LogP contribution in [0.1, 0.15) is 12.1 Å². The summed E-state index contributed by atoms with van der Waals surface area (Å²) in [6, 6.07) is 13.1. The zero-order valence-corrected chi connectivity index (χ0v) is 11.9. The van der Waals surface area contributed by atoms with Gasteiger partial charge in [0.25, 0.3) is 0 Å². The lowest BCUT2D eigenvalue weighted by molar-refractivity contribution is 0.908. The van der Waals surface area contributed by atoms with Gasteiger partial charge in [0, 0.05) is 32.8 Å². The summed E-state index contributed by atoms with van der Waals surface area (Å²) in [7, 11) is 0. The number of fused-ring (bicyclic) bond motifs is 2. The van der Waals surface area contributed by atoms with Gasteiger partial charge in [-0.3, -0.25) is 0 Å². The Morgan fingerprint density at radius 1 is 1.00 bits per heavy atom. The molecule has 0 aliphatic heterocycles. The van der Waals surface area contributed by atoms with Gasteiger partial charge in [-0.25, -0.2) is 4.52 Å². The minimum Gasteiger partial charge on any atom is -0.358 e. The molecule has 0 spiro atoms. The summed E-state index contributed by atoms with van der Waals surface area (Å²) in [6.45, 7) is 0. The molecule has 1 aliphatic rings. The fourth-order valence-corrected chi connectivity index (χ4v) is 4.12. The molecule has 104 valence electrons. The van der Waals surface area contributed by atoms with Crippen molar-refractivity contribution in [2.45, 2.75) is 12.8 Å². The van der Waals surface area contributed by atoms with Crippen molar-refractivity contribution in [1.29, 1.82) is 0 Å². The van der Waals surface area contributed by atoms with E-state index in [1.165, 1.54) is 49.0 Å². The third-order valence-electron chi connectivity index (χ3n) is 5.00. The largest absolute Gasteiger partial charge is 0.358 e. The topological polar surface area (TPSA) is 33.1 Å². The first-order chi connectivity index (χ1) is 10.9. The maximum atomic E-state index is 4.70. The number of H-pyrrole nitrogens is 1. The van der Waals surface area contributed by atoms with Crippen LogP contribution in [-0.2, 0) is 6.42 Å². The summed E-state index contributed by atoms with van der Waals surface area (Å²) < 4.78 is 2.13. The first-order valence-corrected chi connectivity index (χ1v) is 7.73. The van der Waals surface area contributed by atoms with Crippen molar-refractivity contribution in [2.75, 3.05) is 0 Å². The highest BCUT2D eigenvalue weighted by atomic mass is 15.2. The average Bonchev–Trinajstić information content (AvgIpc) is 3.11. The van der Waals surface area contributed by atoms with E-state index in [0.29, 0.717) is 0 Å². The Labute approximate surface area is 125 Å². The predicted molar refractivity (Wildman–Crippen MR) is 90.1 cm³/mol. The zero-order chi connectivity index (χ0) is 14.3. The third kappa shape index (κ3) is 1.09. The summed E-state index contributed by atoms with van der Waals surface area (Å²) >= 11 is 0. The number of benzene rings is 2. The van der Waals surface area contributed by atoms with E-state index in [1.54, 1.807) is 0 Å². The molecule has 0 saturated heterocycles. The van der Waals surface area contributed by atoms with E-state index in [1.807, 2.05) is 6.20 Å². The first kappa shape index (κ1) is 10.9. The summed E-state index contributed by atoms with van der Waals surface area (Å²) in [4.78, 5) is 3.63. The van der Waals surface area contributed by atoms with Crippen LogP contribution in [0.4, 0.5) is 0 Å². The normalized spacial score (nSPS) is 14.4. The molecule has 0 bridgehead atoms. The average molecular weight is 283 g/mol. The molecule has 3 nitrogen and oxygen atoms in total. The van der Waals surface area contributed by atoms with Crippen molar-refractivity contribution in [1.82, 2.24) is 14.6 Å². The Morgan fingerprint density at radius 2 is 1.91 bits per heavy atom. The van der Waals surface area contributed by atoms with Crippen LogP contribution in [-0.4, -0.2) is 14.6 Å². The molecule has 0 amide bonds. The van der Waals surface area contributed by atoms with E-state index >= 15 is 0 Å². The molecular formula is C19H13N3. The maximum Gasteiger partial charge on any atom is 0.0819 e. The van der Waals surface area contributed by atoms with Crippen molar-refractivity contribution in [3.63, 3.8) is 0 Å². The van der Waals surface area contributed by atoms with Crippen molar-refractivity contribution in [3.05, 3.63) is 53.6 Å². The van der Waals surface area contributed by atoms with Gasteiger partial charge in [-0.2, -0.15) is 5.10 Å². The smallest absolute Gasteiger partial charge is 0.0819 e. The molecule has 0 atom stereocenters. The molecule has 0 saturated carbocycles. The number of hydrogen-bond acceptors (Lipinski definition) is 1. The number of nitrogens with zero attached hydrogens (tertiary/aromatic N) is 2. The van der Waals surface area contributed by atoms with Gasteiger partial charge in [0.15, 0.2) is 0 Å². The minimum atomic E-state index is 1.06. The number of para-hydroxylation sites is 1. The quantitative estimate of drug-likeness (QED) is 0.463. The molecular weight excluding hydrogens is 270 g/mol. The van der Waals surface area contributed by atoms with Crippen molar-refractivity contribution >= 4 is 44.0 Å². The van der Waals surface area contributed by atoms with Crippen molar-refractivity contribution in [3.8, 4) is 0 Å². The first-order valence-electron chi connectivity index (χ1n) is 7.73. The van der Waals surface area contributed by atoms with E-state index in [9.17, 15) is 0 Å². The molecule has 22 heavy (non-hydrogen) atoms. The third-order valence-corrected chi connectivity index (χ3v) is 5.00. The number of nitrogens with one attached hydrogen (secondary N) is 1. The molecule has 3 aromatic heterocycles. The standard InChI is InChI=1S/C19H13N3/c1-4-11-10-20-22-16-9-3-8-15-18(16)17-12(13(6-1)19(11)22)5-2-7-14(17)21-15/h1-2,4-7,9-10,21H,3,8H2. The molecule has 3 heteroatoms. The Kier molecular flexibility index (Phi) is 1.73. The second-order valence-corrected chi connectivity index (χ2v) is 6.13. The zero-order valence-electron chi connectivity index (χ0n) is 11.9. The Balaban J connectivity index is 2.19. The Morgan fingerprint density at radius 3 is 2.91 bits per heavy atom. The van der Waals surface area contributed by atoms with E-state index in [0.717, 1.165) is 12.8 Å².